The molecule has 2 aromatic rings. The molecular formula is C14H16N4O. The van der Waals surface area contributed by atoms with Gasteiger partial charge in [-0.05, 0) is 0 Å². The summed E-state index contributed by atoms with van der Waals surface area (Å²) in [6.45, 7) is 2.43. The van der Waals surface area contributed by atoms with E-state index >= 15 is 0 Å². The average molecular weight is 256 g/mol. The van der Waals surface area contributed by atoms with E-state index in [9.17, 15) is 0 Å². The SMILES string of the molecule is CN1CCN=C1NCc1ncoc1-c1ccccc1. The lowest BCUT2D eigenvalue weighted by Gasteiger charge is -2.14. The van der Waals surface area contributed by atoms with Crippen LogP contribution in [0.5, 0.6) is 0 Å². The van der Waals surface area contributed by atoms with E-state index in [4.69, 9.17) is 4.42 Å². The molecule has 0 fully saturated rings. The molecular weight excluding hydrogens is 240 g/mol. The van der Waals surface area contributed by atoms with Gasteiger partial charge in [0.2, 0.25) is 0 Å². The molecule has 0 radical (unpaired) electrons. The van der Waals surface area contributed by atoms with Gasteiger partial charge in [-0.15, -0.1) is 0 Å². The summed E-state index contributed by atoms with van der Waals surface area (Å²) in [6.07, 6.45) is 1.49. The molecule has 0 atom stereocenters. The summed E-state index contributed by atoms with van der Waals surface area (Å²) < 4.78 is 5.49. The van der Waals surface area contributed by atoms with E-state index in [0.717, 1.165) is 36.1 Å². The Kier molecular flexibility index (Phi) is 3.18. The van der Waals surface area contributed by atoms with Gasteiger partial charge in [-0.1, -0.05) is 30.3 Å². The van der Waals surface area contributed by atoms with Crippen LogP contribution in [0.15, 0.2) is 46.1 Å². The van der Waals surface area contributed by atoms with Crippen molar-refractivity contribution in [3.63, 3.8) is 0 Å². The molecule has 1 aliphatic rings. The zero-order valence-corrected chi connectivity index (χ0v) is 10.8. The van der Waals surface area contributed by atoms with Gasteiger partial charge < -0.3 is 14.6 Å². The van der Waals surface area contributed by atoms with E-state index in [2.05, 4.69) is 20.2 Å². The first-order chi connectivity index (χ1) is 9.34. The van der Waals surface area contributed by atoms with Gasteiger partial charge in [-0.2, -0.15) is 0 Å². The van der Waals surface area contributed by atoms with Gasteiger partial charge in [0, 0.05) is 19.2 Å². The van der Waals surface area contributed by atoms with E-state index in [0.29, 0.717) is 6.54 Å². The molecule has 0 amide bonds. The van der Waals surface area contributed by atoms with Crippen LogP contribution in [0.2, 0.25) is 0 Å². The van der Waals surface area contributed by atoms with Crippen LogP contribution in [0.25, 0.3) is 11.3 Å². The van der Waals surface area contributed by atoms with Gasteiger partial charge in [-0.25, -0.2) is 4.98 Å². The smallest absolute Gasteiger partial charge is 0.194 e. The molecule has 5 nitrogen and oxygen atoms in total. The number of hydrogen-bond acceptors (Lipinski definition) is 5. The molecule has 0 unspecified atom stereocenters. The maximum Gasteiger partial charge on any atom is 0.194 e. The Bertz CT molecular complexity index is 576. The molecule has 0 bridgehead atoms. The van der Waals surface area contributed by atoms with E-state index in [1.807, 2.05) is 37.4 Å². The number of oxazole rings is 1. The minimum atomic E-state index is 0.615. The van der Waals surface area contributed by atoms with Gasteiger partial charge in [0.05, 0.1) is 13.1 Å². The summed E-state index contributed by atoms with van der Waals surface area (Å²) in [5.74, 6) is 1.73. The fraction of sp³-hybridized carbons (Fsp3) is 0.286. The summed E-state index contributed by atoms with van der Waals surface area (Å²) in [4.78, 5) is 10.8. The van der Waals surface area contributed by atoms with Crippen molar-refractivity contribution < 1.29 is 4.42 Å². The van der Waals surface area contributed by atoms with E-state index < -0.39 is 0 Å². The summed E-state index contributed by atoms with van der Waals surface area (Å²) in [7, 11) is 2.03. The monoisotopic (exact) mass is 256 g/mol. The molecule has 1 aromatic heterocycles. The third kappa shape index (κ3) is 2.45. The number of likely N-dealkylation sites (N-methyl/N-ethyl adjacent to an activating group) is 1. The van der Waals surface area contributed by atoms with Crippen molar-refractivity contribution in [1.82, 2.24) is 15.2 Å². The number of rotatable bonds is 3. The molecule has 0 saturated heterocycles. The Balaban J connectivity index is 1.74. The number of aromatic nitrogens is 1. The van der Waals surface area contributed by atoms with Crippen LogP contribution in [0.3, 0.4) is 0 Å². The zero-order valence-electron chi connectivity index (χ0n) is 10.8. The van der Waals surface area contributed by atoms with Crippen molar-refractivity contribution in [2.45, 2.75) is 6.54 Å². The number of aliphatic imine (C=N–C) groups is 1. The van der Waals surface area contributed by atoms with Gasteiger partial charge >= 0.3 is 0 Å². The number of nitrogens with zero attached hydrogens (tertiary/aromatic N) is 3. The summed E-state index contributed by atoms with van der Waals surface area (Å²) in [6, 6.07) is 10.0. The highest BCUT2D eigenvalue weighted by Gasteiger charge is 2.14. The molecule has 2 heterocycles. The van der Waals surface area contributed by atoms with Crippen molar-refractivity contribution in [2.75, 3.05) is 20.1 Å². The molecule has 98 valence electrons. The highest BCUT2D eigenvalue weighted by atomic mass is 16.3. The van der Waals surface area contributed by atoms with Crippen LogP contribution in [0, 0.1) is 0 Å². The standard InChI is InChI=1S/C14H16N4O/c1-18-8-7-15-14(18)16-9-12-13(19-10-17-12)11-5-3-2-4-6-11/h2-6,10H,7-9H2,1H3,(H,15,16). The maximum atomic E-state index is 5.49. The number of nitrogens with one attached hydrogen (secondary N) is 1. The van der Waals surface area contributed by atoms with Gasteiger partial charge in [0.15, 0.2) is 18.1 Å². The maximum absolute atomic E-state index is 5.49. The molecule has 1 aliphatic heterocycles. The van der Waals surface area contributed by atoms with E-state index in [1.165, 1.54) is 6.39 Å². The lowest BCUT2D eigenvalue weighted by atomic mass is 10.1. The molecule has 19 heavy (non-hydrogen) atoms. The molecule has 3 rings (SSSR count). The Hall–Kier alpha value is -2.30. The largest absolute Gasteiger partial charge is 0.443 e. The molecule has 0 saturated carbocycles. The van der Waals surface area contributed by atoms with Crippen molar-refractivity contribution in [1.29, 1.82) is 0 Å². The van der Waals surface area contributed by atoms with Crippen LogP contribution < -0.4 is 5.32 Å². The van der Waals surface area contributed by atoms with E-state index in [1.54, 1.807) is 0 Å². The molecule has 5 heteroatoms. The molecule has 0 aliphatic carbocycles. The zero-order chi connectivity index (χ0) is 13.1. The predicted octanol–water partition coefficient (Wildman–Crippen LogP) is 1.73. The highest BCUT2D eigenvalue weighted by molar-refractivity contribution is 5.81. The summed E-state index contributed by atoms with van der Waals surface area (Å²) in [5, 5.41) is 3.30. The first-order valence-corrected chi connectivity index (χ1v) is 6.32. The van der Waals surface area contributed by atoms with Gasteiger partial charge in [-0.3, -0.25) is 4.99 Å². The van der Waals surface area contributed by atoms with Gasteiger partial charge in [0.1, 0.15) is 5.69 Å². The Morgan fingerprint density at radius 3 is 2.89 bits per heavy atom. The third-order valence-electron chi connectivity index (χ3n) is 3.15. The molecule has 1 aromatic carbocycles. The number of hydrogen-bond donors (Lipinski definition) is 1. The van der Waals surface area contributed by atoms with Crippen molar-refractivity contribution in [3.05, 3.63) is 42.4 Å². The van der Waals surface area contributed by atoms with Crippen molar-refractivity contribution >= 4 is 5.96 Å². The second kappa shape index (κ2) is 5.14. The fourth-order valence-electron chi connectivity index (χ4n) is 2.11. The van der Waals surface area contributed by atoms with Crippen molar-refractivity contribution in [2.24, 2.45) is 4.99 Å². The first-order valence-electron chi connectivity index (χ1n) is 6.32. The quantitative estimate of drug-likeness (QED) is 0.908. The fourth-order valence-corrected chi connectivity index (χ4v) is 2.11. The second-order valence-electron chi connectivity index (χ2n) is 4.47. The van der Waals surface area contributed by atoms with Crippen molar-refractivity contribution in [3.8, 4) is 11.3 Å². The van der Waals surface area contributed by atoms with Crippen LogP contribution >= 0.6 is 0 Å². The summed E-state index contributed by atoms with van der Waals surface area (Å²) >= 11 is 0. The lowest BCUT2D eigenvalue weighted by Crippen LogP contribution is -2.35. The molecule has 1 N–H and O–H groups in total. The Morgan fingerprint density at radius 1 is 1.32 bits per heavy atom. The second-order valence-corrected chi connectivity index (χ2v) is 4.47. The lowest BCUT2D eigenvalue weighted by molar-refractivity contribution is 0.533. The van der Waals surface area contributed by atoms with Gasteiger partial charge in [0.25, 0.3) is 0 Å². The van der Waals surface area contributed by atoms with Crippen LogP contribution in [0.4, 0.5) is 0 Å². The molecule has 0 spiro atoms. The van der Waals surface area contributed by atoms with E-state index in [-0.39, 0.29) is 0 Å². The normalized spacial score (nSPS) is 14.6. The van der Waals surface area contributed by atoms with Crippen LogP contribution in [0.1, 0.15) is 5.69 Å². The number of guanidine groups is 1. The topological polar surface area (TPSA) is 53.7 Å². The average Bonchev–Trinajstić information content (AvgIpc) is 3.06. The minimum Gasteiger partial charge on any atom is -0.443 e. The predicted molar refractivity (Wildman–Crippen MR) is 73.7 cm³/mol. The Labute approximate surface area is 112 Å². The minimum absolute atomic E-state index is 0.615. The third-order valence-corrected chi connectivity index (χ3v) is 3.15. The Morgan fingerprint density at radius 2 is 2.16 bits per heavy atom. The first kappa shape index (κ1) is 11.8. The highest BCUT2D eigenvalue weighted by Crippen LogP contribution is 2.22. The van der Waals surface area contributed by atoms with Crippen LogP contribution in [-0.2, 0) is 6.54 Å². The number of benzene rings is 1. The summed E-state index contributed by atoms with van der Waals surface area (Å²) in [5.41, 5.74) is 1.94. The van der Waals surface area contributed by atoms with Crippen LogP contribution in [-0.4, -0.2) is 36.0 Å².